The molecule has 0 radical (unpaired) electrons. The fourth-order valence-electron chi connectivity index (χ4n) is 3.79. The lowest BCUT2D eigenvalue weighted by atomic mass is 10.0. The summed E-state index contributed by atoms with van der Waals surface area (Å²) >= 11 is 0. The molecule has 2 atom stereocenters. The second-order valence-corrected chi connectivity index (χ2v) is 9.28. The van der Waals surface area contributed by atoms with Gasteiger partial charge in [-0.1, -0.05) is 36.8 Å². The minimum absolute atomic E-state index is 0.0818. The lowest BCUT2D eigenvalue weighted by Gasteiger charge is -2.35. The molecule has 1 amide bonds. The largest absolute Gasteiger partial charge is 0.374 e. The number of hydrogen-bond donors (Lipinski definition) is 1. The monoisotopic (exact) mass is 395 g/mol. The molecular formula is C19H29N3O4S. The van der Waals surface area contributed by atoms with Crippen molar-refractivity contribution in [2.75, 3.05) is 39.0 Å². The van der Waals surface area contributed by atoms with Gasteiger partial charge < -0.3 is 10.1 Å². The molecule has 1 aromatic carbocycles. The van der Waals surface area contributed by atoms with E-state index in [4.69, 9.17) is 4.74 Å². The summed E-state index contributed by atoms with van der Waals surface area (Å²) in [6, 6.07) is 9.69. The van der Waals surface area contributed by atoms with E-state index in [1.54, 1.807) is 0 Å². The van der Waals surface area contributed by atoms with Gasteiger partial charge in [0.1, 0.15) is 6.04 Å². The van der Waals surface area contributed by atoms with Gasteiger partial charge >= 0.3 is 0 Å². The lowest BCUT2D eigenvalue weighted by molar-refractivity contribution is -0.126. The molecule has 0 saturated carbocycles. The second-order valence-electron chi connectivity index (χ2n) is 7.34. The fourth-order valence-corrected chi connectivity index (χ4v) is 4.91. The predicted octanol–water partition coefficient (Wildman–Crippen LogP) is 0.818. The lowest BCUT2D eigenvalue weighted by Crippen LogP contribution is -2.54. The van der Waals surface area contributed by atoms with E-state index < -0.39 is 16.1 Å². The van der Waals surface area contributed by atoms with E-state index in [0.717, 1.165) is 32.5 Å². The molecule has 2 saturated heterocycles. The van der Waals surface area contributed by atoms with E-state index in [2.05, 4.69) is 22.3 Å². The first-order valence-electron chi connectivity index (χ1n) is 9.56. The Morgan fingerprint density at radius 3 is 2.74 bits per heavy atom. The normalized spacial score (nSPS) is 25.2. The van der Waals surface area contributed by atoms with Crippen molar-refractivity contribution < 1.29 is 17.9 Å². The molecule has 150 valence electrons. The summed E-state index contributed by atoms with van der Waals surface area (Å²) in [5.41, 5.74) is 1.26. The molecule has 0 aromatic heterocycles. The third-order valence-corrected chi connectivity index (χ3v) is 6.45. The first-order chi connectivity index (χ1) is 12.9. The second kappa shape index (κ2) is 9.14. The van der Waals surface area contributed by atoms with Crippen molar-refractivity contribution in [2.24, 2.45) is 0 Å². The molecule has 0 aliphatic carbocycles. The summed E-state index contributed by atoms with van der Waals surface area (Å²) in [5, 5.41) is 2.91. The number of benzene rings is 1. The summed E-state index contributed by atoms with van der Waals surface area (Å²) in [4.78, 5) is 14.9. The molecule has 0 unspecified atom stereocenters. The number of amides is 1. The zero-order chi connectivity index (χ0) is 19.3. The van der Waals surface area contributed by atoms with Crippen LogP contribution < -0.4 is 5.32 Å². The summed E-state index contributed by atoms with van der Waals surface area (Å²) in [6.07, 6.45) is 3.34. The van der Waals surface area contributed by atoms with Crippen molar-refractivity contribution >= 4 is 15.9 Å². The summed E-state index contributed by atoms with van der Waals surface area (Å²) in [7, 11) is -3.37. The molecular weight excluding hydrogens is 366 g/mol. The van der Waals surface area contributed by atoms with Crippen LogP contribution in [0.15, 0.2) is 30.3 Å². The first kappa shape index (κ1) is 20.3. The van der Waals surface area contributed by atoms with Gasteiger partial charge in [-0.15, -0.1) is 0 Å². The Balaban J connectivity index is 1.50. The van der Waals surface area contributed by atoms with Gasteiger partial charge in [-0.3, -0.25) is 9.69 Å². The molecule has 2 aliphatic rings. The van der Waals surface area contributed by atoms with Crippen LogP contribution >= 0.6 is 0 Å². The average Bonchev–Trinajstić information content (AvgIpc) is 2.66. The maximum Gasteiger partial charge on any atom is 0.238 e. The molecule has 27 heavy (non-hydrogen) atoms. The number of nitrogens with one attached hydrogen (secondary N) is 1. The zero-order valence-corrected chi connectivity index (χ0v) is 16.7. The highest BCUT2D eigenvalue weighted by molar-refractivity contribution is 7.88. The van der Waals surface area contributed by atoms with Gasteiger partial charge in [0.05, 0.1) is 19.0 Å². The van der Waals surface area contributed by atoms with Crippen molar-refractivity contribution in [1.29, 1.82) is 0 Å². The van der Waals surface area contributed by atoms with Gasteiger partial charge in [0.15, 0.2) is 0 Å². The van der Waals surface area contributed by atoms with Crippen molar-refractivity contribution in [1.82, 2.24) is 14.5 Å². The third kappa shape index (κ3) is 5.75. The Morgan fingerprint density at radius 2 is 2.00 bits per heavy atom. The molecule has 0 spiro atoms. The van der Waals surface area contributed by atoms with Gasteiger partial charge in [0.2, 0.25) is 15.9 Å². The Bertz CT molecular complexity index is 726. The summed E-state index contributed by atoms with van der Waals surface area (Å²) < 4.78 is 31.0. The van der Waals surface area contributed by atoms with Crippen LogP contribution in [0.2, 0.25) is 0 Å². The van der Waals surface area contributed by atoms with E-state index in [0.29, 0.717) is 26.1 Å². The Morgan fingerprint density at radius 1 is 1.22 bits per heavy atom. The van der Waals surface area contributed by atoms with E-state index >= 15 is 0 Å². The standard InChI is InChI=1S/C19H29N3O4S/c1-27(24,25)22-10-6-5-9-18(22)19(23)20-13-17-15-21(11-12-26-17)14-16-7-3-2-4-8-16/h2-4,7-8,17-18H,5-6,9-15H2,1H3,(H,20,23)/t17-,18+/m0/s1. The van der Waals surface area contributed by atoms with E-state index in [-0.39, 0.29) is 12.0 Å². The SMILES string of the molecule is CS(=O)(=O)N1CCCC[C@@H]1C(=O)NC[C@H]1CN(Cc2ccccc2)CCO1. The van der Waals surface area contributed by atoms with E-state index in [1.807, 2.05) is 18.2 Å². The highest BCUT2D eigenvalue weighted by Crippen LogP contribution is 2.20. The minimum atomic E-state index is -3.37. The number of piperidine rings is 1. The van der Waals surface area contributed by atoms with Crippen LogP contribution in [0.1, 0.15) is 24.8 Å². The molecule has 8 heteroatoms. The summed E-state index contributed by atoms with van der Waals surface area (Å²) in [5.74, 6) is -0.219. The van der Waals surface area contributed by atoms with E-state index in [1.165, 1.54) is 16.1 Å². The molecule has 2 aliphatic heterocycles. The van der Waals surface area contributed by atoms with Crippen molar-refractivity contribution in [3.63, 3.8) is 0 Å². The third-order valence-electron chi connectivity index (χ3n) is 5.16. The number of carbonyl (C=O) groups is 1. The highest BCUT2D eigenvalue weighted by atomic mass is 32.2. The number of hydrogen-bond acceptors (Lipinski definition) is 5. The zero-order valence-electron chi connectivity index (χ0n) is 15.8. The Hall–Kier alpha value is -1.48. The number of rotatable bonds is 6. The maximum absolute atomic E-state index is 12.6. The van der Waals surface area contributed by atoms with Gasteiger partial charge in [-0.2, -0.15) is 4.31 Å². The molecule has 0 bridgehead atoms. The van der Waals surface area contributed by atoms with Gasteiger partial charge in [-0.25, -0.2) is 8.42 Å². The number of ether oxygens (including phenoxy) is 1. The molecule has 3 rings (SSSR count). The molecule has 7 nitrogen and oxygen atoms in total. The summed E-state index contributed by atoms with van der Waals surface area (Å²) in [6.45, 7) is 3.92. The van der Waals surface area contributed by atoms with Crippen LogP contribution in [-0.4, -0.2) is 74.7 Å². The van der Waals surface area contributed by atoms with E-state index in [9.17, 15) is 13.2 Å². The Kier molecular flexibility index (Phi) is 6.86. The fraction of sp³-hybridized carbons (Fsp3) is 0.632. The molecule has 1 N–H and O–H groups in total. The predicted molar refractivity (Wildman–Crippen MR) is 104 cm³/mol. The maximum atomic E-state index is 12.6. The van der Waals surface area contributed by atoms with Crippen LogP contribution in [0.5, 0.6) is 0 Å². The Labute approximate surface area is 161 Å². The number of sulfonamides is 1. The van der Waals surface area contributed by atoms with Crippen molar-refractivity contribution in [2.45, 2.75) is 38.0 Å². The van der Waals surface area contributed by atoms with Gasteiger partial charge in [0, 0.05) is 32.7 Å². The van der Waals surface area contributed by atoms with Gasteiger partial charge in [-0.05, 0) is 18.4 Å². The van der Waals surface area contributed by atoms with Crippen molar-refractivity contribution in [3.05, 3.63) is 35.9 Å². The van der Waals surface area contributed by atoms with Gasteiger partial charge in [0.25, 0.3) is 0 Å². The van der Waals surface area contributed by atoms with Crippen LogP contribution in [0.4, 0.5) is 0 Å². The minimum Gasteiger partial charge on any atom is -0.374 e. The first-order valence-corrected chi connectivity index (χ1v) is 11.4. The average molecular weight is 396 g/mol. The van der Waals surface area contributed by atoms with Crippen LogP contribution in [0.3, 0.4) is 0 Å². The van der Waals surface area contributed by atoms with Crippen molar-refractivity contribution in [3.8, 4) is 0 Å². The molecule has 2 heterocycles. The number of morpholine rings is 1. The smallest absolute Gasteiger partial charge is 0.238 e. The number of nitrogens with zero attached hydrogens (tertiary/aromatic N) is 2. The topological polar surface area (TPSA) is 79.0 Å². The molecule has 1 aromatic rings. The van der Waals surface area contributed by atoms with Crippen LogP contribution in [0.25, 0.3) is 0 Å². The molecule has 2 fully saturated rings. The number of carbonyl (C=O) groups excluding carboxylic acids is 1. The quantitative estimate of drug-likeness (QED) is 0.771. The van der Waals surface area contributed by atoms with Crippen LogP contribution in [0, 0.1) is 0 Å². The highest BCUT2D eigenvalue weighted by Gasteiger charge is 2.34. The van der Waals surface area contributed by atoms with Crippen LogP contribution in [-0.2, 0) is 26.1 Å².